The van der Waals surface area contributed by atoms with Crippen LogP contribution in [0.4, 0.5) is 4.39 Å². The molecule has 1 N–H and O–H groups in total. The second-order valence-corrected chi connectivity index (χ2v) is 6.35. The van der Waals surface area contributed by atoms with E-state index < -0.39 is 0 Å². The summed E-state index contributed by atoms with van der Waals surface area (Å²) in [6.45, 7) is 3.01. The van der Waals surface area contributed by atoms with Gasteiger partial charge >= 0.3 is 0 Å². The van der Waals surface area contributed by atoms with E-state index in [1.54, 1.807) is 0 Å². The van der Waals surface area contributed by atoms with Crippen molar-refractivity contribution in [2.24, 2.45) is 0 Å². The van der Waals surface area contributed by atoms with Crippen molar-refractivity contribution in [1.82, 2.24) is 5.32 Å². The molecule has 0 bridgehead atoms. The fourth-order valence-corrected chi connectivity index (χ4v) is 3.60. The molecule has 2 aliphatic rings. The standard InChI is InChI=1S/C17H24FNO/c1-13(14-4-6-15(18)7-5-14)19-12-16-8-11-17(20-16)9-2-3-10-17/h4-7,13,16,19H,2-3,8-12H2,1H3/t13-,16?/m1/s1. The van der Waals surface area contributed by atoms with Gasteiger partial charge in [0.2, 0.25) is 0 Å². The molecule has 2 atom stereocenters. The minimum Gasteiger partial charge on any atom is -0.370 e. The SMILES string of the molecule is C[C@@H](NCC1CCC2(CCCC2)O1)c1ccc(F)cc1. The number of rotatable bonds is 4. The third-order valence-corrected chi connectivity index (χ3v) is 4.88. The van der Waals surface area contributed by atoms with Gasteiger partial charge in [0.25, 0.3) is 0 Å². The zero-order valence-electron chi connectivity index (χ0n) is 12.2. The Bertz CT molecular complexity index is 439. The van der Waals surface area contributed by atoms with Crippen LogP contribution in [-0.2, 0) is 4.74 Å². The molecular formula is C17H24FNO. The maximum absolute atomic E-state index is 12.9. The largest absolute Gasteiger partial charge is 0.370 e. The monoisotopic (exact) mass is 277 g/mol. The zero-order chi connectivity index (χ0) is 14.0. The number of halogens is 1. The Labute approximate surface area is 120 Å². The number of benzene rings is 1. The first-order valence-electron chi connectivity index (χ1n) is 7.84. The van der Waals surface area contributed by atoms with Crippen LogP contribution < -0.4 is 5.32 Å². The quantitative estimate of drug-likeness (QED) is 0.899. The second-order valence-electron chi connectivity index (χ2n) is 6.35. The lowest BCUT2D eigenvalue weighted by Gasteiger charge is -2.24. The number of nitrogens with one attached hydrogen (secondary N) is 1. The molecule has 2 fully saturated rings. The maximum atomic E-state index is 12.9. The van der Waals surface area contributed by atoms with Crippen molar-refractivity contribution in [3.05, 3.63) is 35.6 Å². The van der Waals surface area contributed by atoms with Crippen molar-refractivity contribution in [2.45, 2.75) is 63.2 Å². The molecule has 3 rings (SSSR count). The van der Waals surface area contributed by atoms with E-state index in [1.807, 2.05) is 12.1 Å². The summed E-state index contributed by atoms with van der Waals surface area (Å²) in [5.41, 5.74) is 1.34. The Balaban J connectivity index is 1.49. The predicted octanol–water partition coefficient (Wildman–Crippen LogP) is 3.97. The lowest BCUT2D eigenvalue weighted by Crippen LogP contribution is -2.32. The van der Waals surface area contributed by atoms with Crippen molar-refractivity contribution in [2.75, 3.05) is 6.54 Å². The van der Waals surface area contributed by atoms with Crippen LogP contribution in [0.1, 0.15) is 57.1 Å². The summed E-state index contributed by atoms with van der Waals surface area (Å²) in [4.78, 5) is 0. The van der Waals surface area contributed by atoms with E-state index in [0.29, 0.717) is 6.10 Å². The van der Waals surface area contributed by atoms with E-state index in [1.165, 1.54) is 50.7 Å². The van der Waals surface area contributed by atoms with E-state index >= 15 is 0 Å². The van der Waals surface area contributed by atoms with Crippen LogP contribution in [0.2, 0.25) is 0 Å². The van der Waals surface area contributed by atoms with E-state index in [4.69, 9.17) is 4.74 Å². The lowest BCUT2D eigenvalue weighted by molar-refractivity contribution is -0.0357. The molecule has 1 aliphatic heterocycles. The van der Waals surface area contributed by atoms with Gasteiger partial charge in [0.05, 0.1) is 11.7 Å². The van der Waals surface area contributed by atoms with Gasteiger partial charge in [-0.1, -0.05) is 25.0 Å². The van der Waals surface area contributed by atoms with Crippen molar-refractivity contribution >= 4 is 0 Å². The number of ether oxygens (including phenoxy) is 1. The topological polar surface area (TPSA) is 21.3 Å². The molecule has 2 nitrogen and oxygen atoms in total. The number of hydrogen-bond acceptors (Lipinski definition) is 2. The summed E-state index contributed by atoms with van der Waals surface area (Å²) >= 11 is 0. The van der Waals surface area contributed by atoms with Gasteiger partial charge in [0, 0.05) is 12.6 Å². The first kappa shape index (κ1) is 14.0. The van der Waals surface area contributed by atoms with Crippen LogP contribution in [0.3, 0.4) is 0 Å². The molecule has 110 valence electrons. The minimum atomic E-state index is -0.178. The highest BCUT2D eigenvalue weighted by Gasteiger charge is 2.41. The van der Waals surface area contributed by atoms with Gasteiger partial charge in [-0.05, 0) is 50.3 Å². The van der Waals surface area contributed by atoms with Gasteiger partial charge in [0.1, 0.15) is 5.82 Å². The maximum Gasteiger partial charge on any atom is 0.123 e. The predicted molar refractivity (Wildman–Crippen MR) is 78.1 cm³/mol. The van der Waals surface area contributed by atoms with Gasteiger partial charge in [-0.15, -0.1) is 0 Å². The van der Waals surface area contributed by atoms with Crippen molar-refractivity contribution in [1.29, 1.82) is 0 Å². The molecule has 1 saturated carbocycles. The first-order valence-corrected chi connectivity index (χ1v) is 7.84. The first-order chi connectivity index (χ1) is 9.67. The third kappa shape index (κ3) is 3.04. The molecule has 1 aromatic carbocycles. The molecule has 0 aromatic heterocycles. The smallest absolute Gasteiger partial charge is 0.123 e. The fraction of sp³-hybridized carbons (Fsp3) is 0.647. The average molecular weight is 277 g/mol. The Morgan fingerprint density at radius 3 is 2.65 bits per heavy atom. The van der Waals surface area contributed by atoms with Crippen LogP contribution in [-0.4, -0.2) is 18.2 Å². The van der Waals surface area contributed by atoms with Gasteiger partial charge < -0.3 is 10.1 Å². The van der Waals surface area contributed by atoms with E-state index in [2.05, 4.69) is 12.2 Å². The molecule has 0 amide bonds. The summed E-state index contributed by atoms with van der Waals surface area (Å²) in [7, 11) is 0. The van der Waals surface area contributed by atoms with Crippen LogP contribution in [0, 0.1) is 5.82 Å². The molecule has 1 unspecified atom stereocenters. The summed E-state index contributed by atoms with van der Waals surface area (Å²) < 4.78 is 19.2. The normalized spacial score (nSPS) is 26.2. The Morgan fingerprint density at radius 2 is 1.95 bits per heavy atom. The van der Waals surface area contributed by atoms with Crippen LogP contribution in [0.15, 0.2) is 24.3 Å². The third-order valence-electron chi connectivity index (χ3n) is 4.88. The van der Waals surface area contributed by atoms with Gasteiger partial charge in [0.15, 0.2) is 0 Å². The van der Waals surface area contributed by atoms with E-state index in [9.17, 15) is 4.39 Å². The van der Waals surface area contributed by atoms with E-state index in [-0.39, 0.29) is 17.5 Å². The molecule has 3 heteroatoms. The molecule has 1 saturated heterocycles. The highest BCUT2D eigenvalue weighted by Crippen LogP contribution is 2.43. The van der Waals surface area contributed by atoms with Gasteiger partial charge in [-0.2, -0.15) is 0 Å². The van der Waals surface area contributed by atoms with Crippen LogP contribution >= 0.6 is 0 Å². The van der Waals surface area contributed by atoms with Crippen LogP contribution in [0.25, 0.3) is 0 Å². The molecule has 1 aliphatic carbocycles. The summed E-state index contributed by atoms with van der Waals surface area (Å²) in [5.74, 6) is -0.178. The average Bonchev–Trinajstić information content (AvgIpc) is 3.08. The number of hydrogen-bond donors (Lipinski definition) is 1. The Kier molecular flexibility index (Phi) is 4.08. The Morgan fingerprint density at radius 1 is 1.25 bits per heavy atom. The lowest BCUT2D eigenvalue weighted by atomic mass is 9.98. The molecule has 0 radical (unpaired) electrons. The van der Waals surface area contributed by atoms with Crippen molar-refractivity contribution in [3.8, 4) is 0 Å². The highest BCUT2D eigenvalue weighted by molar-refractivity contribution is 5.19. The van der Waals surface area contributed by atoms with Crippen LogP contribution in [0.5, 0.6) is 0 Å². The van der Waals surface area contributed by atoms with Gasteiger partial charge in [-0.3, -0.25) is 0 Å². The summed E-state index contributed by atoms with van der Waals surface area (Å²) in [5, 5.41) is 3.52. The molecule has 1 heterocycles. The molecular weight excluding hydrogens is 253 g/mol. The second kappa shape index (κ2) is 5.82. The summed E-state index contributed by atoms with van der Waals surface area (Å²) in [6, 6.07) is 6.97. The van der Waals surface area contributed by atoms with Crippen molar-refractivity contribution in [3.63, 3.8) is 0 Å². The Hall–Kier alpha value is -0.930. The van der Waals surface area contributed by atoms with Gasteiger partial charge in [-0.25, -0.2) is 4.39 Å². The van der Waals surface area contributed by atoms with E-state index in [0.717, 1.165) is 12.1 Å². The fourth-order valence-electron chi connectivity index (χ4n) is 3.60. The zero-order valence-corrected chi connectivity index (χ0v) is 12.2. The minimum absolute atomic E-state index is 0.178. The summed E-state index contributed by atoms with van der Waals surface area (Å²) in [6.07, 6.45) is 7.88. The molecule has 1 spiro atoms. The molecule has 1 aromatic rings. The highest BCUT2D eigenvalue weighted by atomic mass is 19.1. The molecule has 20 heavy (non-hydrogen) atoms. The van der Waals surface area contributed by atoms with Crippen molar-refractivity contribution < 1.29 is 9.13 Å².